The van der Waals surface area contributed by atoms with E-state index < -0.39 is 58.9 Å². The van der Waals surface area contributed by atoms with Crippen LogP contribution in [0.25, 0.3) is 22.2 Å². The molecule has 266 valence electrons. The molecule has 2 aromatic carbocycles. The molecule has 2 fully saturated rings. The monoisotopic (exact) mass is 712 g/mol. The molecule has 1 saturated heterocycles. The second-order valence-electron chi connectivity index (χ2n) is 13.8. The van der Waals surface area contributed by atoms with Crippen LogP contribution in [0.1, 0.15) is 33.6 Å². The minimum absolute atomic E-state index is 0.00905. The molecule has 2 aliphatic rings. The molecular weight excluding hydrogens is 673 g/mol. The zero-order chi connectivity index (χ0) is 36.5. The number of anilines is 1. The number of nitrogens with one attached hydrogen (secondary N) is 3. The van der Waals surface area contributed by atoms with Crippen LogP contribution in [0, 0.1) is 11.3 Å². The van der Waals surface area contributed by atoms with Gasteiger partial charge in [-0.05, 0) is 24.0 Å². The highest BCUT2D eigenvalue weighted by atomic mass is 32.1. The smallest absolute Gasteiger partial charge is 0.330 e. The quantitative estimate of drug-likeness (QED) is 0.155. The summed E-state index contributed by atoms with van der Waals surface area (Å²) in [4.78, 5) is 64.1. The van der Waals surface area contributed by atoms with Gasteiger partial charge in [0.05, 0.1) is 24.9 Å². The Morgan fingerprint density at radius 1 is 1.14 bits per heavy atom. The third-order valence-electron chi connectivity index (χ3n) is 9.26. The Bertz CT molecular complexity index is 1970. The van der Waals surface area contributed by atoms with E-state index in [0.717, 1.165) is 5.56 Å². The van der Waals surface area contributed by atoms with Crippen molar-refractivity contribution in [3.63, 3.8) is 0 Å². The van der Waals surface area contributed by atoms with Crippen LogP contribution in [0.15, 0.2) is 78.8 Å². The maximum Gasteiger partial charge on any atom is 0.330 e. The lowest BCUT2D eigenvalue weighted by molar-refractivity contribution is -0.146. The van der Waals surface area contributed by atoms with E-state index in [1.807, 2.05) is 48.5 Å². The predicted octanol–water partition coefficient (Wildman–Crippen LogP) is 5.10. The van der Waals surface area contributed by atoms with Gasteiger partial charge in [-0.3, -0.25) is 14.9 Å². The average molecular weight is 713 g/mol. The number of ether oxygens (including phenoxy) is 2. The lowest BCUT2D eigenvalue weighted by Gasteiger charge is -2.35. The van der Waals surface area contributed by atoms with Crippen LogP contribution in [0.5, 0.6) is 11.5 Å². The predicted molar refractivity (Wildman–Crippen MR) is 193 cm³/mol. The Morgan fingerprint density at radius 2 is 1.90 bits per heavy atom. The number of pyridine rings is 1. The van der Waals surface area contributed by atoms with Gasteiger partial charge in [0.25, 0.3) is 0 Å². The van der Waals surface area contributed by atoms with E-state index >= 15 is 0 Å². The van der Waals surface area contributed by atoms with Crippen LogP contribution in [0.4, 0.5) is 9.93 Å². The number of fused-ring (bicyclic) bond motifs is 1. The minimum Gasteiger partial charge on any atom is -0.497 e. The molecular formula is C37H40N6O7S. The number of carbonyl (C=O) groups is 4. The molecule has 4 amide bonds. The summed E-state index contributed by atoms with van der Waals surface area (Å²) in [6.45, 7) is 9.12. The summed E-state index contributed by atoms with van der Waals surface area (Å²) >= 11 is 1.23. The Balaban J connectivity index is 1.33. The first kappa shape index (κ1) is 35.3. The molecule has 4 aromatic rings. The van der Waals surface area contributed by atoms with Gasteiger partial charge in [0.1, 0.15) is 35.2 Å². The minimum atomic E-state index is -1.51. The van der Waals surface area contributed by atoms with Gasteiger partial charge in [-0.2, -0.15) is 0 Å². The molecule has 1 unspecified atom stereocenters. The standard InChI is InChI=1S/C37H40N6O7S/c1-6-22-19-37(22,33(46)47)42-31(44)28-17-24(20-43(28)32(45)30(36(2,3)4)40-34(48)41-35-38-14-15-51-35)50-29-18-26(21-10-8-7-9-11-21)39-27-16-23(49-5)12-13-25(27)29/h6-16,18,22,24,28,30H,1,17,19-20H2,2-5H3,(H,42,44)(H,46,47)(H2,38,40,41,48)/t22-,24+,28-,30+,37?/m0/s1. The lowest BCUT2D eigenvalue weighted by atomic mass is 9.85. The number of urea groups is 1. The van der Waals surface area contributed by atoms with E-state index in [2.05, 4.69) is 27.5 Å². The van der Waals surface area contributed by atoms with Crippen molar-refractivity contribution < 1.29 is 33.8 Å². The van der Waals surface area contributed by atoms with E-state index in [1.165, 1.54) is 22.3 Å². The van der Waals surface area contributed by atoms with Crippen LogP contribution >= 0.6 is 11.3 Å². The first-order chi connectivity index (χ1) is 24.3. The number of methoxy groups -OCH3 is 1. The molecule has 1 aliphatic heterocycles. The second-order valence-corrected chi connectivity index (χ2v) is 14.7. The van der Waals surface area contributed by atoms with Crippen LogP contribution in [-0.2, 0) is 14.4 Å². The number of carboxylic acids is 1. The molecule has 51 heavy (non-hydrogen) atoms. The molecule has 0 radical (unpaired) electrons. The molecule has 1 saturated carbocycles. The first-order valence-electron chi connectivity index (χ1n) is 16.5. The number of rotatable bonds is 11. The summed E-state index contributed by atoms with van der Waals surface area (Å²) in [5.41, 5.74) is -0.145. The Hall–Kier alpha value is -5.50. The number of benzene rings is 2. The summed E-state index contributed by atoms with van der Waals surface area (Å²) in [7, 11) is 1.57. The fourth-order valence-corrected chi connectivity index (χ4v) is 6.92. The molecule has 6 rings (SSSR count). The number of likely N-dealkylation sites (tertiary alicyclic amines) is 1. The summed E-state index contributed by atoms with van der Waals surface area (Å²) in [5.74, 6) is -1.67. The van der Waals surface area contributed by atoms with Crippen molar-refractivity contribution in [2.45, 2.75) is 57.3 Å². The number of nitrogens with zero attached hydrogens (tertiary/aromatic N) is 3. The normalized spacial score (nSPS) is 21.7. The number of aliphatic carboxylic acids is 1. The summed E-state index contributed by atoms with van der Waals surface area (Å²) < 4.78 is 12.1. The van der Waals surface area contributed by atoms with E-state index in [-0.39, 0.29) is 19.4 Å². The molecule has 2 aromatic heterocycles. The van der Waals surface area contributed by atoms with Crippen molar-refractivity contribution in [2.75, 3.05) is 19.0 Å². The van der Waals surface area contributed by atoms with Gasteiger partial charge >= 0.3 is 12.0 Å². The van der Waals surface area contributed by atoms with E-state index in [1.54, 1.807) is 45.5 Å². The van der Waals surface area contributed by atoms with Crippen molar-refractivity contribution in [2.24, 2.45) is 11.3 Å². The Kier molecular flexibility index (Phi) is 9.71. The largest absolute Gasteiger partial charge is 0.497 e. The van der Waals surface area contributed by atoms with Crippen LogP contribution < -0.4 is 25.4 Å². The summed E-state index contributed by atoms with van der Waals surface area (Å²) in [6, 6.07) is 14.1. The van der Waals surface area contributed by atoms with Crippen LogP contribution in [-0.4, -0.2) is 81.2 Å². The maximum absolute atomic E-state index is 14.5. The Morgan fingerprint density at radius 3 is 2.53 bits per heavy atom. The van der Waals surface area contributed by atoms with Gasteiger partial charge in [0, 0.05) is 47.0 Å². The Labute approximate surface area is 299 Å². The van der Waals surface area contributed by atoms with E-state index in [0.29, 0.717) is 33.2 Å². The van der Waals surface area contributed by atoms with E-state index in [4.69, 9.17) is 14.5 Å². The molecule has 0 bridgehead atoms. The lowest BCUT2D eigenvalue weighted by Crippen LogP contribution is -2.59. The molecule has 0 spiro atoms. The van der Waals surface area contributed by atoms with Gasteiger partial charge in [0.2, 0.25) is 11.8 Å². The molecule has 3 heterocycles. The fraction of sp³-hybridized carbons (Fsp3) is 0.351. The third kappa shape index (κ3) is 7.36. The molecule has 1 aliphatic carbocycles. The zero-order valence-corrected chi connectivity index (χ0v) is 29.5. The van der Waals surface area contributed by atoms with Crippen molar-refractivity contribution in [1.29, 1.82) is 0 Å². The fourth-order valence-electron chi connectivity index (χ4n) is 6.39. The van der Waals surface area contributed by atoms with Gasteiger partial charge in [0.15, 0.2) is 5.13 Å². The van der Waals surface area contributed by atoms with Crippen molar-refractivity contribution in [1.82, 2.24) is 25.5 Å². The maximum atomic E-state index is 14.5. The van der Waals surface area contributed by atoms with Crippen LogP contribution in [0.2, 0.25) is 0 Å². The number of amides is 4. The SMILES string of the molecule is C=C[C@H]1CC1(NC(=O)[C@@H]1C[C@@H](Oc2cc(-c3ccccc3)nc3cc(OC)ccc23)CN1C(=O)[C@@H](NC(=O)Nc1nccs1)C(C)(C)C)C(=O)O. The zero-order valence-electron chi connectivity index (χ0n) is 28.7. The highest BCUT2D eigenvalue weighted by molar-refractivity contribution is 7.13. The average Bonchev–Trinajstić information content (AvgIpc) is 3.37. The first-order valence-corrected chi connectivity index (χ1v) is 17.4. The van der Waals surface area contributed by atoms with Gasteiger partial charge < -0.3 is 30.1 Å². The van der Waals surface area contributed by atoms with Crippen LogP contribution in [0.3, 0.4) is 0 Å². The molecule has 5 atom stereocenters. The highest BCUT2D eigenvalue weighted by Crippen LogP contribution is 2.45. The van der Waals surface area contributed by atoms with Gasteiger partial charge in [-0.25, -0.2) is 19.6 Å². The van der Waals surface area contributed by atoms with Crippen molar-refractivity contribution in [3.05, 3.63) is 78.8 Å². The number of carbonyl (C=O) groups excluding carboxylic acids is 3. The van der Waals surface area contributed by atoms with Crippen molar-refractivity contribution in [3.8, 4) is 22.8 Å². The number of hydrogen-bond acceptors (Lipinski definition) is 9. The van der Waals surface area contributed by atoms with Crippen molar-refractivity contribution >= 4 is 51.2 Å². The van der Waals surface area contributed by atoms with Gasteiger partial charge in [-0.1, -0.05) is 57.2 Å². The molecule has 13 nitrogen and oxygen atoms in total. The number of hydrogen-bond donors (Lipinski definition) is 4. The van der Waals surface area contributed by atoms with Gasteiger partial charge in [-0.15, -0.1) is 17.9 Å². The number of thiazole rings is 1. The molecule has 4 N–H and O–H groups in total. The summed E-state index contributed by atoms with van der Waals surface area (Å²) in [5, 5.41) is 20.9. The number of carboxylic acid groups (broad SMARTS) is 1. The third-order valence-corrected chi connectivity index (χ3v) is 9.95. The highest BCUT2D eigenvalue weighted by Gasteiger charge is 2.61. The van der Waals surface area contributed by atoms with E-state index in [9.17, 15) is 24.3 Å². The topological polar surface area (TPSA) is 172 Å². The number of aromatic nitrogens is 2. The summed E-state index contributed by atoms with van der Waals surface area (Å²) in [6.07, 6.45) is 2.63. The molecule has 14 heteroatoms. The second kappa shape index (κ2) is 14.0.